The van der Waals surface area contributed by atoms with Crippen molar-refractivity contribution >= 4 is 34.7 Å². The van der Waals surface area contributed by atoms with Crippen molar-refractivity contribution in [2.75, 3.05) is 25.3 Å². The van der Waals surface area contributed by atoms with E-state index >= 15 is 0 Å². The van der Waals surface area contributed by atoms with E-state index in [0.29, 0.717) is 17.2 Å². The molecule has 3 heterocycles. The lowest BCUT2D eigenvalue weighted by Gasteiger charge is -2.14. The molecular formula is C20H20N2O3S2. The van der Waals surface area contributed by atoms with E-state index in [9.17, 15) is 4.79 Å². The molecule has 3 aromatic rings. The van der Waals surface area contributed by atoms with Crippen LogP contribution in [0.15, 0.2) is 42.7 Å². The molecule has 0 saturated heterocycles. The van der Waals surface area contributed by atoms with Gasteiger partial charge in [-0.1, -0.05) is 0 Å². The first-order valence-electron chi connectivity index (χ1n) is 8.60. The number of benzene rings is 1. The van der Waals surface area contributed by atoms with Crippen molar-refractivity contribution in [2.45, 2.75) is 12.2 Å². The summed E-state index contributed by atoms with van der Waals surface area (Å²) in [5.74, 6) is 3.15. The van der Waals surface area contributed by atoms with E-state index in [0.717, 1.165) is 28.5 Å². The van der Waals surface area contributed by atoms with Crippen LogP contribution in [0.1, 0.15) is 20.8 Å². The van der Waals surface area contributed by atoms with E-state index in [1.54, 1.807) is 37.7 Å². The topological polar surface area (TPSA) is 52.5 Å². The van der Waals surface area contributed by atoms with Gasteiger partial charge in [0, 0.05) is 34.8 Å². The number of nitrogens with one attached hydrogen (secondary N) is 1. The second-order valence-electron chi connectivity index (χ2n) is 6.10. The molecule has 0 spiro atoms. The molecule has 140 valence electrons. The number of anilines is 1. The fourth-order valence-electron chi connectivity index (χ4n) is 3.21. The third-order valence-electron chi connectivity index (χ3n) is 4.51. The molecule has 5 nitrogen and oxygen atoms in total. The number of ether oxygens (including phenoxy) is 2. The van der Waals surface area contributed by atoms with Crippen LogP contribution in [0.5, 0.6) is 11.5 Å². The van der Waals surface area contributed by atoms with Gasteiger partial charge in [0.2, 0.25) is 0 Å². The van der Waals surface area contributed by atoms with Gasteiger partial charge in [-0.15, -0.1) is 11.3 Å². The Bertz CT molecular complexity index is 964. The summed E-state index contributed by atoms with van der Waals surface area (Å²) < 4.78 is 12.6. The maximum atomic E-state index is 13.2. The number of carbonyl (C=O) groups excluding carboxylic acids is 1. The summed E-state index contributed by atoms with van der Waals surface area (Å²) in [6, 6.07) is 9.35. The van der Waals surface area contributed by atoms with Gasteiger partial charge in [-0.25, -0.2) is 0 Å². The summed E-state index contributed by atoms with van der Waals surface area (Å²) in [5, 5.41) is 4.01. The normalized spacial score (nSPS) is 13.1. The van der Waals surface area contributed by atoms with Gasteiger partial charge < -0.3 is 19.4 Å². The Morgan fingerprint density at radius 1 is 1.15 bits per heavy atom. The predicted octanol–water partition coefficient (Wildman–Crippen LogP) is 4.60. The van der Waals surface area contributed by atoms with Crippen molar-refractivity contribution < 1.29 is 14.3 Å². The van der Waals surface area contributed by atoms with E-state index in [1.165, 1.54) is 10.4 Å². The van der Waals surface area contributed by atoms with Gasteiger partial charge in [-0.05, 0) is 42.0 Å². The molecule has 0 radical (unpaired) electrons. The Morgan fingerprint density at radius 3 is 2.67 bits per heavy atom. The van der Waals surface area contributed by atoms with Crippen molar-refractivity contribution in [1.82, 2.24) is 4.57 Å². The van der Waals surface area contributed by atoms with Crippen LogP contribution in [0, 0.1) is 0 Å². The second-order valence-corrected chi connectivity index (χ2v) is 8.29. The van der Waals surface area contributed by atoms with Gasteiger partial charge in [0.25, 0.3) is 5.91 Å². The summed E-state index contributed by atoms with van der Waals surface area (Å²) >= 11 is 3.63. The molecule has 0 saturated carbocycles. The number of thioether (sulfide) groups is 1. The number of hydrogen-bond donors (Lipinski definition) is 1. The lowest BCUT2D eigenvalue weighted by molar-refractivity contribution is 0.102. The molecular weight excluding hydrogens is 380 g/mol. The molecule has 1 aliphatic heterocycles. The van der Waals surface area contributed by atoms with Crippen LogP contribution in [-0.4, -0.2) is 30.4 Å². The smallest absolute Gasteiger partial charge is 0.258 e. The third-order valence-corrected chi connectivity index (χ3v) is 6.92. The quantitative estimate of drug-likeness (QED) is 0.680. The molecule has 27 heavy (non-hydrogen) atoms. The van der Waals surface area contributed by atoms with Crippen molar-refractivity contribution in [3.05, 3.63) is 58.7 Å². The first-order valence-corrected chi connectivity index (χ1v) is 10.6. The van der Waals surface area contributed by atoms with E-state index in [1.807, 2.05) is 46.9 Å². The number of carbonyl (C=O) groups is 1. The van der Waals surface area contributed by atoms with Crippen LogP contribution in [0.25, 0.3) is 5.00 Å². The SMILES string of the molecule is COc1ccc(NC(=O)c2c(-n3cccc3)sc3c2CCSC3)cc1OC. The summed E-state index contributed by atoms with van der Waals surface area (Å²) in [7, 11) is 3.18. The minimum atomic E-state index is -0.0877. The number of thiophene rings is 1. The first-order chi connectivity index (χ1) is 13.2. The lowest BCUT2D eigenvalue weighted by Crippen LogP contribution is -2.16. The molecule has 0 atom stereocenters. The Balaban J connectivity index is 1.70. The number of methoxy groups -OCH3 is 2. The van der Waals surface area contributed by atoms with Crippen molar-refractivity contribution in [2.24, 2.45) is 0 Å². The van der Waals surface area contributed by atoms with E-state index in [4.69, 9.17) is 9.47 Å². The van der Waals surface area contributed by atoms with Gasteiger partial charge in [-0.2, -0.15) is 11.8 Å². The summed E-state index contributed by atoms with van der Waals surface area (Å²) in [4.78, 5) is 14.5. The largest absolute Gasteiger partial charge is 0.493 e. The van der Waals surface area contributed by atoms with Gasteiger partial charge in [0.1, 0.15) is 5.00 Å². The molecule has 2 aromatic heterocycles. The number of rotatable bonds is 5. The Labute approximate surface area is 166 Å². The molecule has 1 aromatic carbocycles. The fourth-order valence-corrected chi connectivity index (χ4v) is 5.66. The standard InChI is InChI=1S/C20H20N2O3S2/c1-24-15-6-5-13(11-16(15)25-2)21-19(23)18-14-7-10-26-12-17(14)27-20(18)22-8-3-4-9-22/h3-6,8-9,11H,7,10,12H2,1-2H3,(H,21,23). The molecule has 1 amide bonds. The first kappa shape index (κ1) is 18.0. The second kappa shape index (κ2) is 7.70. The highest BCUT2D eigenvalue weighted by molar-refractivity contribution is 7.98. The summed E-state index contributed by atoms with van der Waals surface area (Å²) in [5.41, 5.74) is 2.64. The Morgan fingerprint density at radius 2 is 1.93 bits per heavy atom. The van der Waals surface area contributed by atoms with Crippen LogP contribution >= 0.6 is 23.1 Å². The zero-order chi connectivity index (χ0) is 18.8. The average Bonchev–Trinajstić information content (AvgIpc) is 3.35. The van der Waals surface area contributed by atoms with Gasteiger partial charge >= 0.3 is 0 Å². The number of hydrogen-bond acceptors (Lipinski definition) is 5. The van der Waals surface area contributed by atoms with Crippen molar-refractivity contribution in [3.8, 4) is 16.5 Å². The molecule has 0 bridgehead atoms. The predicted molar refractivity (Wildman–Crippen MR) is 111 cm³/mol. The van der Waals surface area contributed by atoms with Crippen molar-refractivity contribution in [3.63, 3.8) is 0 Å². The maximum Gasteiger partial charge on any atom is 0.258 e. The van der Waals surface area contributed by atoms with E-state index in [2.05, 4.69) is 5.32 Å². The molecule has 0 unspecified atom stereocenters. The summed E-state index contributed by atoms with van der Waals surface area (Å²) in [6.07, 6.45) is 4.89. The van der Waals surface area contributed by atoms with Gasteiger partial charge in [0.05, 0.1) is 19.8 Å². The Hall–Kier alpha value is -2.38. The molecule has 1 aliphatic rings. The molecule has 1 N–H and O–H groups in total. The van der Waals surface area contributed by atoms with Crippen LogP contribution in [0.3, 0.4) is 0 Å². The van der Waals surface area contributed by atoms with Crippen molar-refractivity contribution in [1.29, 1.82) is 0 Å². The number of fused-ring (bicyclic) bond motifs is 1. The zero-order valence-electron chi connectivity index (χ0n) is 15.2. The van der Waals surface area contributed by atoms with E-state index in [-0.39, 0.29) is 5.91 Å². The maximum absolute atomic E-state index is 13.2. The number of aromatic nitrogens is 1. The monoisotopic (exact) mass is 400 g/mol. The fraction of sp³-hybridized carbons (Fsp3) is 0.250. The van der Waals surface area contributed by atoms with Crippen LogP contribution in [0.2, 0.25) is 0 Å². The molecule has 0 fully saturated rings. The summed E-state index contributed by atoms with van der Waals surface area (Å²) in [6.45, 7) is 0. The highest BCUT2D eigenvalue weighted by atomic mass is 32.2. The molecule has 4 rings (SSSR count). The average molecular weight is 401 g/mol. The minimum absolute atomic E-state index is 0.0877. The van der Waals surface area contributed by atoms with Crippen LogP contribution in [0.4, 0.5) is 5.69 Å². The number of nitrogens with zero attached hydrogens (tertiary/aromatic N) is 1. The third kappa shape index (κ3) is 3.44. The molecule has 7 heteroatoms. The van der Waals surface area contributed by atoms with Gasteiger partial charge in [-0.3, -0.25) is 4.79 Å². The van der Waals surface area contributed by atoms with Crippen LogP contribution in [-0.2, 0) is 12.2 Å². The number of amides is 1. The highest BCUT2D eigenvalue weighted by Crippen LogP contribution is 2.39. The minimum Gasteiger partial charge on any atom is -0.493 e. The van der Waals surface area contributed by atoms with Crippen LogP contribution < -0.4 is 14.8 Å². The highest BCUT2D eigenvalue weighted by Gasteiger charge is 2.26. The Kier molecular flexibility index (Phi) is 5.13. The zero-order valence-corrected chi connectivity index (χ0v) is 16.8. The molecule has 0 aliphatic carbocycles. The lowest BCUT2D eigenvalue weighted by atomic mass is 10.1. The van der Waals surface area contributed by atoms with Gasteiger partial charge in [0.15, 0.2) is 11.5 Å². The van der Waals surface area contributed by atoms with E-state index < -0.39 is 0 Å².